The molecule has 0 aliphatic carbocycles. The first-order chi connectivity index (χ1) is 10.1. The van der Waals surface area contributed by atoms with Crippen molar-refractivity contribution in [2.24, 2.45) is 0 Å². The zero-order chi connectivity index (χ0) is 14.8. The molecule has 0 atom stereocenters. The highest BCUT2D eigenvalue weighted by Gasteiger charge is 2.15. The molecule has 3 aromatic rings. The van der Waals surface area contributed by atoms with Gasteiger partial charge in [-0.05, 0) is 30.7 Å². The molecule has 0 bridgehead atoms. The average molecular weight is 281 g/mol. The molecule has 2 aromatic carbocycles. The van der Waals surface area contributed by atoms with Gasteiger partial charge in [0, 0.05) is 24.5 Å². The molecule has 0 amide bonds. The van der Waals surface area contributed by atoms with Crippen LogP contribution in [0.15, 0.2) is 48.8 Å². The molecular formula is C15H11N3O3. The SMILES string of the molecule is Cc1ccc([N+](=O)[O-])c(Oc2ccc3nccnc3c2)c1. The molecule has 6 heteroatoms. The Labute approximate surface area is 120 Å². The van der Waals surface area contributed by atoms with Crippen LogP contribution in [0.4, 0.5) is 5.69 Å². The quantitative estimate of drug-likeness (QED) is 0.541. The fourth-order valence-corrected chi connectivity index (χ4v) is 1.99. The Bertz CT molecular complexity index is 833. The van der Waals surface area contributed by atoms with Crippen LogP contribution >= 0.6 is 0 Å². The summed E-state index contributed by atoms with van der Waals surface area (Å²) in [7, 11) is 0. The van der Waals surface area contributed by atoms with E-state index >= 15 is 0 Å². The van der Waals surface area contributed by atoms with Crippen molar-refractivity contribution in [3.05, 3.63) is 64.5 Å². The van der Waals surface area contributed by atoms with Crippen LogP contribution in [0.2, 0.25) is 0 Å². The van der Waals surface area contributed by atoms with Gasteiger partial charge in [0.2, 0.25) is 5.75 Å². The molecule has 21 heavy (non-hydrogen) atoms. The van der Waals surface area contributed by atoms with E-state index in [0.717, 1.165) is 11.1 Å². The molecule has 0 N–H and O–H groups in total. The maximum absolute atomic E-state index is 11.0. The van der Waals surface area contributed by atoms with E-state index in [4.69, 9.17) is 4.74 Å². The molecular weight excluding hydrogens is 270 g/mol. The van der Waals surface area contributed by atoms with E-state index in [1.165, 1.54) is 6.07 Å². The molecule has 0 radical (unpaired) electrons. The lowest BCUT2D eigenvalue weighted by Crippen LogP contribution is -1.94. The van der Waals surface area contributed by atoms with Crippen LogP contribution in [-0.2, 0) is 0 Å². The topological polar surface area (TPSA) is 78.2 Å². The van der Waals surface area contributed by atoms with E-state index in [1.54, 1.807) is 42.7 Å². The van der Waals surface area contributed by atoms with Gasteiger partial charge < -0.3 is 4.74 Å². The summed E-state index contributed by atoms with van der Waals surface area (Å²) in [4.78, 5) is 18.9. The average Bonchev–Trinajstić information content (AvgIpc) is 2.47. The zero-order valence-electron chi connectivity index (χ0n) is 11.2. The van der Waals surface area contributed by atoms with Crippen molar-refractivity contribution in [2.45, 2.75) is 6.92 Å². The van der Waals surface area contributed by atoms with Crippen molar-refractivity contribution >= 4 is 16.7 Å². The van der Waals surface area contributed by atoms with Gasteiger partial charge >= 0.3 is 5.69 Å². The second kappa shape index (κ2) is 5.16. The molecule has 0 saturated heterocycles. The van der Waals surface area contributed by atoms with Crippen molar-refractivity contribution in [3.63, 3.8) is 0 Å². The Balaban J connectivity index is 2.02. The minimum atomic E-state index is -0.463. The number of nitro benzene ring substituents is 1. The van der Waals surface area contributed by atoms with Crippen molar-refractivity contribution < 1.29 is 9.66 Å². The van der Waals surface area contributed by atoms with Gasteiger partial charge in [0.05, 0.1) is 16.0 Å². The van der Waals surface area contributed by atoms with Crippen LogP contribution in [-0.4, -0.2) is 14.9 Å². The van der Waals surface area contributed by atoms with Gasteiger partial charge in [-0.25, -0.2) is 0 Å². The molecule has 0 fully saturated rings. The minimum absolute atomic E-state index is 0.0696. The Kier molecular flexibility index (Phi) is 3.19. The summed E-state index contributed by atoms with van der Waals surface area (Å²) in [5.74, 6) is 0.694. The van der Waals surface area contributed by atoms with Gasteiger partial charge in [-0.2, -0.15) is 0 Å². The molecule has 6 nitrogen and oxygen atoms in total. The number of hydrogen-bond acceptors (Lipinski definition) is 5. The van der Waals surface area contributed by atoms with Gasteiger partial charge in [-0.1, -0.05) is 6.07 Å². The first-order valence-corrected chi connectivity index (χ1v) is 6.27. The number of hydrogen-bond donors (Lipinski definition) is 0. The fraction of sp³-hybridized carbons (Fsp3) is 0.0667. The number of nitro groups is 1. The molecule has 0 aliphatic heterocycles. The standard InChI is InChI=1S/C15H11N3O3/c1-10-2-5-14(18(19)20)15(8-10)21-11-3-4-12-13(9-11)17-7-6-16-12/h2-9H,1H3. The lowest BCUT2D eigenvalue weighted by atomic mass is 10.2. The lowest BCUT2D eigenvalue weighted by molar-refractivity contribution is -0.385. The third-order valence-corrected chi connectivity index (χ3v) is 2.98. The number of aryl methyl sites for hydroxylation is 1. The van der Waals surface area contributed by atoms with Crippen LogP contribution in [0.5, 0.6) is 11.5 Å². The van der Waals surface area contributed by atoms with Crippen LogP contribution in [0, 0.1) is 17.0 Å². The predicted octanol–water partition coefficient (Wildman–Crippen LogP) is 3.64. The Morgan fingerprint density at radius 3 is 2.57 bits per heavy atom. The number of benzene rings is 2. The highest BCUT2D eigenvalue weighted by Crippen LogP contribution is 2.32. The highest BCUT2D eigenvalue weighted by molar-refractivity contribution is 5.75. The molecule has 0 unspecified atom stereocenters. The molecule has 104 valence electrons. The van der Waals surface area contributed by atoms with Gasteiger partial charge in [-0.3, -0.25) is 20.1 Å². The smallest absolute Gasteiger partial charge is 0.311 e. The Hall–Kier alpha value is -3.02. The van der Waals surface area contributed by atoms with Crippen LogP contribution < -0.4 is 4.74 Å². The second-order valence-electron chi connectivity index (χ2n) is 4.54. The maximum atomic E-state index is 11.0. The molecule has 0 aliphatic rings. The Morgan fingerprint density at radius 2 is 1.81 bits per heavy atom. The summed E-state index contributed by atoms with van der Waals surface area (Å²) in [6.07, 6.45) is 3.19. The number of rotatable bonds is 3. The second-order valence-corrected chi connectivity index (χ2v) is 4.54. The van der Waals surface area contributed by atoms with Crippen molar-refractivity contribution in [3.8, 4) is 11.5 Å². The van der Waals surface area contributed by atoms with Crippen LogP contribution in [0.25, 0.3) is 11.0 Å². The number of nitrogens with zero attached hydrogens (tertiary/aromatic N) is 3. The third-order valence-electron chi connectivity index (χ3n) is 2.98. The van der Waals surface area contributed by atoms with Crippen molar-refractivity contribution in [2.75, 3.05) is 0 Å². The molecule has 0 saturated carbocycles. The predicted molar refractivity (Wildman–Crippen MR) is 77.4 cm³/mol. The zero-order valence-corrected chi connectivity index (χ0v) is 11.2. The molecule has 1 aromatic heterocycles. The number of fused-ring (bicyclic) bond motifs is 1. The Morgan fingerprint density at radius 1 is 1.05 bits per heavy atom. The largest absolute Gasteiger partial charge is 0.450 e. The maximum Gasteiger partial charge on any atom is 0.311 e. The van der Waals surface area contributed by atoms with Gasteiger partial charge in [0.25, 0.3) is 0 Å². The fourth-order valence-electron chi connectivity index (χ4n) is 1.99. The summed E-state index contributed by atoms with van der Waals surface area (Å²) in [5, 5.41) is 11.0. The lowest BCUT2D eigenvalue weighted by Gasteiger charge is -2.07. The van der Waals surface area contributed by atoms with E-state index in [-0.39, 0.29) is 11.4 Å². The first-order valence-electron chi connectivity index (χ1n) is 6.27. The van der Waals surface area contributed by atoms with Gasteiger partial charge in [0.15, 0.2) is 0 Å². The minimum Gasteiger partial charge on any atom is -0.450 e. The molecule has 1 heterocycles. The van der Waals surface area contributed by atoms with Crippen LogP contribution in [0.3, 0.4) is 0 Å². The summed E-state index contributed by atoms with van der Waals surface area (Å²) in [6.45, 7) is 1.85. The summed E-state index contributed by atoms with van der Waals surface area (Å²) in [6, 6.07) is 9.93. The van der Waals surface area contributed by atoms with E-state index < -0.39 is 4.92 Å². The number of ether oxygens (including phenoxy) is 1. The van der Waals surface area contributed by atoms with Gasteiger partial charge in [0.1, 0.15) is 5.75 Å². The molecule has 3 rings (SSSR count). The van der Waals surface area contributed by atoms with E-state index in [0.29, 0.717) is 11.3 Å². The summed E-state index contributed by atoms with van der Waals surface area (Å²) in [5.41, 5.74) is 2.23. The van der Waals surface area contributed by atoms with Crippen molar-refractivity contribution in [1.29, 1.82) is 0 Å². The first kappa shape index (κ1) is 13.0. The van der Waals surface area contributed by atoms with Crippen molar-refractivity contribution in [1.82, 2.24) is 9.97 Å². The monoisotopic (exact) mass is 281 g/mol. The molecule has 0 spiro atoms. The summed E-state index contributed by atoms with van der Waals surface area (Å²) >= 11 is 0. The van der Waals surface area contributed by atoms with Crippen LogP contribution in [0.1, 0.15) is 5.56 Å². The van der Waals surface area contributed by atoms with Gasteiger partial charge in [-0.15, -0.1) is 0 Å². The van der Waals surface area contributed by atoms with E-state index in [1.807, 2.05) is 6.92 Å². The summed E-state index contributed by atoms with van der Waals surface area (Å²) < 4.78 is 5.65. The van der Waals surface area contributed by atoms with E-state index in [9.17, 15) is 10.1 Å². The van der Waals surface area contributed by atoms with E-state index in [2.05, 4.69) is 9.97 Å². The third kappa shape index (κ3) is 2.64. The normalized spacial score (nSPS) is 10.5. The number of aromatic nitrogens is 2. The highest BCUT2D eigenvalue weighted by atomic mass is 16.6.